The smallest absolute Gasteiger partial charge is 0.414 e. The molecule has 3 amide bonds. The van der Waals surface area contributed by atoms with E-state index >= 15 is 0 Å². The van der Waals surface area contributed by atoms with E-state index in [0.29, 0.717) is 37.3 Å². The zero-order chi connectivity index (χ0) is 24.0. The lowest BCUT2D eigenvalue weighted by Crippen LogP contribution is -2.45. The maximum atomic E-state index is 14.9. The number of ether oxygens (including phenoxy) is 3. The van der Waals surface area contributed by atoms with Crippen LogP contribution in [0.2, 0.25) is 0 Å². The Morgan fingerprint density at radius 2 is 1.91 bits per heavy atom. The summed E-state index contributed by atoms with van der Waals surface area (Å²) in [4.78, 5) is 48.8. The van der Waals surface area contributed by atoms with Crippen molar-refractivity contribution in [2.24, 2.45) is 0 Å². The minimum absolute atomic E-state index is 0.145. The van der Waals surface area contributed by atoms with Gasteiger partial charge >= 0.3 is 18.2 Å². The summed E-state index contributed by atoms with van der Waals surface area (Å²) in [5.74, 6) is -1.24. The van der Waals surface area contributed by atoms with Crippen molar-refractivity contribution in [1.29, 1.82) is 0 Å². The summed E-state index contributed by atoms with van der Waals surface area (Å²) < 4.78 is 29.4. The van der Waals surface area contributed by atoms with Gasteiger partial charge in [0.2, 0.25) is 12.7 Å². The van der Waals surface area contributed by atoms with Crippen LogP contribution in [0.4, 0.5) is 25.4 Å². The zero-order valence-corrected chi connectivity index (χ0v) is 18.5. The van der Waals surface area contributed by atoms with Gasteiger partial charge in [0.1, 0.15) is 11.9 Å². The van der Waals surface area contributed by atoms with Crippen molar-refractivity contribution in [1.82, 2.24) is 10.6 Å². The third-order valence-electron chi connectivity index (χ3n) is 5.31. The zero-order valence-electron chi connectivity index (χ0n) is 18.5. The SMILES string of the molecule is CC(=O)NC[C@H]1CN(c2ccc(N3CCC(NC(=O)OCOC(C)=O)CC3)c(F)c2)C(=O)O1. The number of benzene rings is 1. The van der Waals surface area contributed by atoms with Crippen LogP contribution in [0.25, 0.3) is 0 Å². The molecule has 0 saturated carbocycles. The average Bonchev–Trinajstić information content (AvgIpc) is 3.13. The highest BCUT2D eigenvalue weighted by molar-refractivity contribution is 5.90. The normalized spacial score (nSPS) is 18.5. The summed E-state index contributed by atoms with van der Waals surface area (Å²) in [6, 6.07) is 4.40. The van der Waals surface area contributed by atoms with E-state index in [2.05, 4.69) is 15.4 Å². The molecule has 2 N–H and O–H groups in total. The van der Waals surface area contributed by atoms with Gasteiger partial charge < -0.3 is 29.7 Å². The van der Waals surface area contributed by atoms with Crippen LogP contribution in [-0.4, -0.2) is 69.2 Å². The third kappa shape index (κ3) is 6.70. The fourth-order valence-corrected chi connectivity index (χ4v) is 3.66. The average molecular weight is 466 g/mol. The first-order valence-electron chi connectivity index (χ1n) is 10.6. The van der Waals surface area contributed by atoms with Crippen LogP contribution in [0.3, 0.4) is 0 Å². The number of amides is 3. The molecular weight excluding hydrogens is 439 g/mol. The summed E-state index contributed by atoms with van der Waals surface area (Å²) in [5, 5.41) is 5.29. The molecule has 0 aliphatic carbocycles. The lowest BCUT2D eigenvalue weighted by molar-refractivity contribution is -0.149. The first-order chi connectivity index (χ1) is 15.7. The number of alkyl carbamates (subject to hydrolysis) is 1. The minimum atomic E-state index is -0.681. The summed E-state index contributed by atoms with van der Waals surface area (Å²) in [5.41, 5.74) is 0.774. The molecule has 2 fully saturated rings. The molecule has 3 rings (SSSR count). The van der Waals surface area contributed by atoms with Gasteiger partial charge in [-0.15, -0.1) is 0 Å². The van der Waals surface area contributed by atoms with Crippen LogP contribution in [-0.2, 0) is 23.8 Å². The molecule has 0 spiro atoms. The number of hydrogen-bond acceptors (Lipinski definition) is 8. The van der Waals surface area contributed by atoms with Gasteiger partial charge in [0.15, 0.2) is 0 Å². The lowest BCUT2D eigenvalue weighted by Gasteiger charge is -2.34. The molecule has 33 heavy (non-hydrogen) atoms. The predicted molar refractivity (Wildman–Crippen MR) is 114 cm³/mol. The molecule has 0 unspecified atom stereocenters. The van der Waals surface area contributed by atoms with Crippen LogP contribution in [0.1, 0.15) is 26.7 Å². The Kier molecular flexibility index (Phi) is 7.91. The van der Waals surface area contributed by atoms with Gasteiger partial charge in [0, 0.05) is 33.0 Å². The summed E-state index contributed by atoms with van der Waals surface area (Å²) >= 11 is 0. The highest BCUT2D eigenvalue weighted by atomic mass is 19.1. The Morgan fingerprint density at radius 1 is 1.18 bits per heavy atom. The second-order valence-electron chi connectivity index (χ2n) is 7.78. The molecule has 2 heterocycles. The quantitative estimate of drug-likeness (QED) is 0.457. The third-order valence-corrected chi connectivity index (χ3v) is 5.31. The second kappa shape index (κ2) is 10.8. The first-order valence-corrected chi connectivity index (χ1v) is 10.6. The van der Waals surface area contributed by atoms with E-state index in [4.69, 9.17) is 9.47 Å². The molecule has 1 atom stereocenters. The number of carbonyl (C=O) groups is 4. The van der Waals surface area contributed by atoms with Gasteiger partial charge in [-0.2, -0.15) is 0 Å². The van der Waals surface area contributed by atoms with Gasteiger partial charge in [-0.05, 0) is 31.0 Å². The van der Waals surface area contributed by atoms with Crippen LogP contribution in [0.15, 0.2) is 18.2 Å². The van der Waals surface area contributed by atoms with E-state index < -0.39 is 36.9 Å². The van der Waals surface area contributed by atoms with E-state index in [0.717, 1.165) is 0 Å². The Balaban J connectivity index is 1.51. The largest absolute Gasteiger partial charge is 0.442 e. The van der Waals surface area contributed by atoms with Gasteiger partial charge in [-0.1, -0.05) is 0 Å². The van der Waals surface area contributed by atoms with E-state index in [-0.39, 0.29) is 25.0 Å². The number of carbonyl (C=O) groups excluding carboxylic acids is 4. The van der Waals surface area contributed by atoms with Crippen molar-refractivity contribution in [3.05, 3.63) is 24.0 Å². The number of nitrogens with zero attached hydrogens (tertiary/aromatic N) is 2. The number of cyclic esters (lactones) is 1. The summed E-state index contributed by atoms with van der Waals surface area (Å²) in [6.07, 6.45) is -0.624. The van der Waals surface area contributed by atoms with E-state index in [1.165, 1.54) is 24.8 Å². The number of rotatable bonds is 7. The minimum Gasteiger partial charge on any atom is -0.442 e. The van der Waals surface area contributed by atoms with Crippen molar-refractivity contribution in [2.45, 2.75) is 38.8 Å². The molecule has 12 heteroatoms. The summed E-state index contributed by atoms with van der Waals surface area (Å²) in [6.45, 7) is 3.56. The fraction of sp³-hybridized carbons (Fsp3) is 0.524. The molecule has 2 aliphatic heterocycles. The highest BCUT2D eigenvalue weighted by Crippen LogP contribution is 2.29. The number of hydrogen-bond donors (Lipinski definition) is 2. The predicted octanol–water partition coefficient (Wildman–Crippen LogP) is 1.50. The lowest BCUT2D eigenvalue weighted by atomic mass is 10.0. The van der Waals surface area contributed by atoms with Crippen LogP contribution < -0.4 is 20.4 Å². The van der Waals surface area contributed by atoms with E-state index in [1.54, 1.807) is 12.1 Å². The molecule has 11 nitrogen and oxygen atoms in total. The Bertz CT molecular complexity index is 905. The Hall–Kier alpha value is -3.57. The molecule has 180 valence electrons. The van der Waals surface area contributed by atoms with Gasteiger partial charge in [-0.3, -0.25) is 14.5 Å². The molecule has 1 aromatic rings. The van der Waals surface area contributed by atoms with Crippen LogP contribution in [0, 0.1) is 5.82 Å². The maximum absolute atomic E-state index is 14.9. The molecule has 0 aromatic heterocycles. The van der Waals surface area contributed by atoms with E-state index in [1.807, 2.05) is 4.90 Å². The van der Waals surface area contributed by atoms with Crippen molar-refractivity contribution >= 4 is 35.4 Å². The molecule has 2 saturated heterocycles. The Morgan fingerprint density at radius 3 is 2.55 bits per heavy atom. The van der Waals surface area contributed by atoms with Gasteiger partial charge in [0.05, 0.1) is 24.5 Å². The van der Waals surface area contributed by atoms with Crippen molar-refractivity contribution in [3.63, 3.8) is 0 Å². The number of nitrogens with one attached hydrogen (secondary N) is 2. The monoisotopic (exact) mass is 466 g/mol. The van der Waals surface area contributed by atoms with Gasteiger partial charge in [0.25, 0.3) is 0 Å². The molecule has 0 radical (unpaired) electrons. The van der Waals surface area contributed by atoms with Crippen molar-refractivity contribution in [3.8, 4) is 0 Å². The van der Waals surface area contributed by atoms with Gasteiger partial charge in [-0.25, -0.2) is 14.0 Å². The second-order valence-corrected chi connectivity index (χ2v) is 7.78. The topological polar surface area (TPSA) is 127 Å². The van der Waals surface area contributed by atoms with Crippen LogP contribution in [0.5, 0.6) is 0 Å². The molecular formula is C21H27FN4O7. The highest BCUT2D eigenvalue weighted by Gasteiger charge is 2.33. The molecule has 2 aliphatic rings. The van der Waals surface area contributed by atoms with E-state index in [9.17, 15) is 23.6 Å². The standard InChI is InChI=1S/C21H27FN4O7/c1-13(27)23-10-17-11-26(21(30)33-17)16-3-4-19(18(22)9-16)25-7-5-15(6-8-25)24-20(29)32-12-31-14(2)28/h3-4,9,15,17H,5-8,10-12H2,1-2H3,(H,23,27)(H,24,29)/t17-/m0/s1. The number of esters is 1. The summed E-state index contributed by atoms with van der Waals surface area (Å²) in [7, 11) is 0. The molecule has 1 aromatic carbocycles. The van der Waals surface area contributed by atoms with Crippen LogP contribution >= 0.6 is 0 Å². The first kappa shape index (κ1) is 24.1. The fourth-order valence-electron chi connectivity index (χ4n) is 3.66. The van der Waals surface area contributed by atoms with Crippen molar-refractivity contribution < 1.29 is 37.8 Å². The maximum Gasteiger partial charge on any atom is 0.414 e. The van der Waals surface area contributed by atoms with Crippen molar-refractivity contribution in [2.75, 3.05) is 42.8 Å². The number of piperidine rings is 1. The molecule has 0 bridgehead atoms. The number of anilines is 2. The number of halogens is 1. The Labute approximate surface area is 190 Å².